The highest BCUT2D eigenvalue weighted by molar-refractivity contribution is 8.00. The Morgan fingerprint density at radius 1 is 1.04 bits per heavy atom. The number of likely N-dealkylation sites (tertiary alicyclic amines) is 1. The molecule has 0 spiro atoms. The number of nitrogens with zero attached hydrogens (tertiary/aromatic N) is 1. The molecule has 1 saturated heterocycles. The van der Waals surface area contributed by atoms with E-state index in [0.29, 0.717) is 10.5 Å². The summed E-state index contributed by atoms with van der Waals surface area (Å²) in [6.45, 7) is 1.52. The fourth-order valence-electron chi connectivity index (χ4n) is 2.95. The van der Waals surface area contributed by atoms with Crippen molar-refractivity contribution in [2.45, 2.75) is 23.9 Å². The Hall–Kier alpha value is -2.48. The van der Waals surface area contributed by atoms with Gasteiger partial charge in [0.15, 0.2) is 0 Å². The Morgan fingerprint density at radius 3 is 2.46 bits per heavy atom. The normalized spacial score (nSPS) is 14.2. The van der Waals surface area contributed by atoms with Crippen LogP contribution in [0.2, 0.25) is 0 Å². The molecular formula is C20H19F3N2O2S. The number of hydrogen-bond acceptors (Lipinski definition) is 3. The minimum Gasteiger partial charge on any atom is -0.342 e. The molecule has 0 radical (unpaired) electrons. The van der Waals surface area contributed by atoms with Crippen LogP contribution in [0.1, 0.15) is 28.8 Å². The molecule has 0 bridgehead atoms. The maximum atomic E-state index is 12.8. The standard InChI is InChI=1S/C20H19F3N2O2S/c21-20(22,23)14-6-5-7-15(12-14)24-19(27)16-8-1-2-9-17(16)28-13-18(26)25-10-3-4-11-25/h1-2,5-9,12H,3-4,10-11,13H2,(H,24,27). The minimum atomic E-state index is -4.48. The number of carbonyl (C=O) groups is 2. The van der Waals surface area contributed by atoms with Gasteiger partial charge >= 0.3 is 6.18 Å². The van der Waals surface area contributed by atoms with Crippen molar-refractivity contribution in [1.29, 1.82) is 0 Å². The summed E-state index contributed by atoms with van der Waals surface area (Å²) < 4.78 is 38.5. The summed E-state index contributed by atoms with van der Waals surface area (Å²) in [7, 11) is 0. The summed E-state index contributed by atoms with van der Waals surface area (Å²) in [6.07, 6.45) is -2.47. The van der Waals surface area contributed by atoms with Crippen molar-refractivity contribution in [2.24, 2.45) is 0 Å². The number of alkyl halides is 3. The lowest BCUT2D eigenvalue weighted by Crippen LogP contribution is -2.29. The first-order valence-electron chi connectivity index (χ1n) is 8.83. The van der Waals surface area contributed by atoms with Gasteiger partial charge in [-0.3, -0.25) is 9.59 Å². The molecule has 1 aliphatic rings. The molecule has 2 aromatic carbocycles. The molecule has 2 amide bonds. The highest BCUT2D eigenvalue weighted by Crippen LogP contribution is 2.31. The molecule has 1 aliphatic heterocycles. The highest BCUT2D eigenvalue weighted by atomic mass is 32.2. The lowest BCUT2D eigenvalue weighted by molar-refractivity contribution is -0.137. The Morgan fingerprint density at radius 2 is 1.75 bits per heavy atom. The number of rotatable bonds is 5. The van der Waals surface area contributed by atoms with Crippen molar-refractivity contribution in [3.8, 4) is 0 Å². The zero-order valence-electron chi connectivity index (χ0n) is 15.0. The molecule has 1 N–H and O–H groups in total. The molecule has 148 valence electrons. The van der Waals surface area contributed by atoms with E-state index in [1.807, 2.05) is 0 Å². The molecular weight excluding hydrogens is 389 g/mol. The van der Waals surface area contributed by atoms with Gasteiger partial charge in [-0.05, 0) is 43.2 Å². The number of amides is 2. The second-order valence-corrected chi connectivity index (χ2v) is 7.42. The first-order valence-corrected chi connectivity index (χ1v) is 9.81. The maximum absolute atomic E-state index is 12.8. The van der Waals surface area contributed by atoms with Crippen LogP contribution in [0.5, 0.6) is 0 Å². The largest absolute Gasteiger partial charge is 0.416 e. The van der Waals surface area contributed by atoms with Crippen LogP contribution in [0, 0.1) is 0 Å². The van der Waals surface area contributed by atoms with Gasteiger partial charge in [0.1, 0.15) is 0 Å². The van der Waals surface area contributed by atoms with Gasteiger partial charge in [-0.25, -0.2) is 0 Å². The number of halogens is 3. The van der Waals surface area contributed by atoms with E-state index in [1.54, 1.807) is 29.2 Å². The number of nitrogens with one attached hydrogen (secondary N) is 1. The Balaban J connectivity index is 1.69. The van der Waals surface area contributed by atoms with E-state index in [4.69, 9.17) is 0 Å². The lowest BCUT2D eigenvalue weighted by atomic mass is 10.1. The zero-order chi connectivity index (χ0) is 20.1. The third-order valence-electron chi connectivity index (χ3n) is 4.39. The first-order chi connectivity index (χ1) is 13.3. The molecule has 0 atom stereocenters. The Labute approximate surface area is 165 Å². The van der Waals surface area contributed by atoms with Crippen molar-refractivity contribution in [1.82, 2.24) is 4.90 Å². The summed E-state index contributed by atoms with van der Waals surface area (Å²) in [5, 5.41) is 2.51. The van der Waals surface area contributed by atoms with E-state index in [9.17, 15) is 22.8 Å². The highest BCUT2D eigenvalue weighted by Gasteiger charge is 2.30. The predicted octanol–water partition coefficient (Wildman–Crippen LogP) is 4.67. The van der Waals surface area contributed by atoms with Crippen molar-refractivity contribution in [2.75, 3.05) is 24.2 Å². The van der Waals surface area contributed by atoms with Crippen LogP contribution in [0.3, 0.4) is 0 Å². The van der Waals surface area contributed by atoms with E-state index in [-0.39, 0.29) is 17.3 Å². The quantitative estimate of drug-likeness (QED) is 0.732. The molecule has 0 aliphatic carbocycles. The van der Waals surface area contributed by atoms with Crippen molar-refractivity contribution in [3.05, 3.63) is 59.7 Å². The van der Waals surface area contributed by atoms with Crippen LogP contribution < -0.4 is 5.32 Å². The monoisotopic (exact) mass is 408 g/mol. The molecule has 0 saturated carbocycles. The number of anilines is 1. The summed E-state index contributed by atoms with van der Waals surface area (Å²) in [6, 6.07) is 11.2. The molecule has 0 aromatic heterocycles. The van der Waals surface area contributed by atoms with Crippen LogP contribution in [-0.2, 0) is 11.0 Å². The molecule has 1 fully saturated rings. The smallest absolute Gasteiger partial charge is 0.342 e. The van der Waals surface area contributed by atoms with E-state index < -0.39 is 17.6 Å². The van der Waals surface area contributed by atoms with Gasteiger partial charge in [0.05, 0.1) is 16.9 Å². The predicted molar refractivity (Wildman–Crippen MR) is 102 cm³/mol. The fraction of sp³-hybridized carbons (Fsp3) is 0.300. The van der Waals surface area contributed by atoms with Gasteiger partial charge in [-0.15, -0.1) is 11.8 Å². The van der Waals surface area contributed by atoms with Crippen molar-refractivity contribution in [3.63, 3.8) is 0 Å². The number of carbonyl (C=O) groups excluding carboxylic acids is 2. The van der Waals surface area contributed by atoms with Gasteiger partial charge in [-0.1, -0.05) is 18.2 Å². The molecule has 8 heteroatoms. The fourth-order valence-corrected chi connectivity index (χ4v) is 3.90. The summed E-state index contributed by atoms with van der Waals surface area (Å²) in [4.78, 5) is 27.2. The number of benzene rings is 2. The van der Waals surface area contributed by atoms with Gasteiger partial charge in [0.25, 0.3) is 5.91 Å². The molecule has 28 heavy (non-hydrogen) atoms. The SMILES string of the molecule is O=C(Nc1cccc(C(F)(F)F)c1)c1ccccc1SCC(=O)N1CCCC1. The van der Waals surface area contributed by atoms with Gasteiger partial charge < -0.3 is 10.2 Å². The van der Waals surface area contributed by atoms with Crippen molar-refractivity contribution >= 4 is 29.3 Å². The average molecular weight is 408 g/mol. The van der Waals surface area contributed by atoms with Crippen LogP contribution >= 0.6 is 11.8 Å². The van der Waals surface area contributed by atoms with Gasteiger partial charge in [0.2, 0.25) is 5.91 Å². The number of thioether (sulfide) groups is 1. The number of hydrogen-bond donors (Lipinski definition) is 1. The molecule has 2 aromatic rings. The van der Waals surface area contributed by atoms with Crippen LogP contribution in [0.15, 0.2) is 53.4 Å². The average Bonchev–Trinajstić information content (AvgIpc) is 3.21. The van der Waals surface area contributed by atoms with E-state index >= 15 is 0 Å². The van der Waals surface area contributed by atoms with Crippen molar-refractivity contribution < 1.29 is 22.8 Å². The molecule has 0 unspecified atom stereocenters. The van der Waals surface area contributed by atoms with Crippen LogP contribution in [-0.4, -0.2) is 35.6 Å². The van der Waals surface area contributed by atoms with Gasteiger partial charge in [0, 0.05) is 23.7 Å². The first kappa shape index (κ1) is 20.3. The summed E-state index contributed by atoms with van der Waals surface area (Å²) in [5.74, 6) is -0.278. The van der Waals surface area contributed by atoms with Crippen LogP contribution in [0.4, 0.5) is 18.9 Å². The van der Waals surface area contributed by atoms with E-state index in [0.717, 1.165) is 38.1 Å². The maximum Gasteiger partial charge on any atom is 0.416 e. The third-order valence-corrected chi connectivity index (χ3v) is 5.45. The van der Waals surface area contributed by atoms with E-state index in [2.05, 4.69) is 5.32 Å². The molecule has 1 heterocycles. The third kappa shape index (κ3) is 5.07. The van der Waals surface area contributed by atoms with E-state index in [1.165, 1.54) is 23.9 Å². The van der Waals surface area contributed by atoms with Gasteiger partial charge in [-0.2, -0.15) is 13.2 Å². The lowest BCUT2D eigenvalue weighted by Gasteiger charge is -2.15. The Kier molecular flexibility index (Phi) is 6.28. The molecule has 4 nitrogen and oxygen atoms in total. The molecule has 3 rings (SSSR count). The second-order valence-electron chi connectivity index (χ2n) is 6.41. The topological polar surface area (TPSA) is 49.4 Å². The minimum absolute atomic E-state index is 0.0237. The second kappa shape index (κ2) is 8.68. The zero-order valence-corrected chi connectivity index (χ0v) is 15.8. The Bertz CT molecular complexity index is 865. The summed E-state index contributed by atoms with van der Waals surface area (Å²) in [5.41, 5.74) is -0.448. The van der Waals surface area contributed by atoms with Crippen LogP contribution in [0.25, 0.3) is 0 Å². The summed E-state index contributed by atoms with van der Waals surface area (Å²) >= 11 is 1.26.